The van der Waals surface area contributed by atoms with Crippen LogP contribution in [0.4, 0.5) is 8.78 Å². The average Bonchev–Trinajstić information content (AvgIpc) is 2.38. The number of halogens is 3. The van der Waals surface area contributed by atoms with Crippen molar-refractivity contribution in [2.24, 2.45) is 5.92 Å². The maximum atomic E-state index is 13.1. The molecular formula is C14H18BrF2N. The highest BCUT2D eigenvalue weighted by molar-refractivity contribution is 9.09. The molecule has 0 spiro atoms. The number of aromatic nitrogens is 1. The minimum absolute atomic E-state index is 0.0306. The van der Waals surface area contributed by atoms with Crippen LogP contribution in [0.1, 0.15) is 44.1 Å². The molecule has 2 unspecified atom stereocenters. The fourth-order valence-electron chi connectivity index (χ4n) is 2.64. The van der Waals surface area contributed by atoms with E-state index in [-0.39, 0.29) is 17.7 Å². The zero-order chi connectivity index (χ0) is 13.2. The molecule has 0 saturated heterocycles. The minimum atomic E-state index is -2.44. The summed E-state index contributed by atoms with van der Waals surface area (Å²) in [5.74, 6) is -1.78. The summed E-state index contributed by atoms with van der Waals surface area (Å²) in [6, 6.07) is 3.99. The Morgan fingerprint density at radius 2 is 1.83 bits per heavy atom. The first-order valence-corrected chi connectivity index (χ1v) is 7.33. The Labute approximate surface area is 115 Å². The van der Waals surface area contributed by atoms with Gasteiger partial charge in [-0.1, -0.05) is 22.9 Å². The van der Waals surface area contributed by atoms with Crippen molar-refractivity contribution in [3.8, 4) is 0 Å². The molecule has 1 heterocycles. The van der Waals surface area contributed by atoms with Gasteiger partial charge < -0.3 is 0 Å². The highest BCUT2D eigenvalue weighted by atomic mass is 79.9. The van der Waals surface area contributed by atoms with E-state index in [2.05, 4.69) is 27.8 Å². The Morgan fingerprint density at radius 1 is 1.28 bits per heavy atom. The second-order valence-corrected chi connectivity index (χ2v) is 6.26. The minimum Gasteiger partial charge on any atom is -0.265 e. The van der Waals surface area contributed by atoms with Crippen LogP contribution in [-0.4, -0.2) is 15.7 Å². The maximum Gasteiger partial charge on any atom is 0.248 e. The summed E-state index contributed by atoms with van der Waals surface area (Å²) < 4.78 is 26.3. The van der Waals surface area contributed by atoms with Crippen LogP contribution in [0.5, 0.6) is 0 Å². The van der Waals surface area contributed by atoms with E-state index in [0.717, 1.165) is 0 Å². The third-order valence-electron chi connectivity index (χ3n) is 3.92. The fraction of sp³-hybridized carbons (Fsp3) is 0.643. The van der Waals surface area contributed by atoms with E-state index in [1.54, 1.807) is 12.4 Å². The van der Waals surface area contributed by atoms with Gasteiger partial charge in [0.05, 0.1) is 0 Å². The Balaban J connectivity index is 1.98. The molecule has 1 aromatic heterocycles. The lowest BCUT2D eigenvalue weighted by atomic mass is 9.80. The lowest BCUT2D eigenvalue weighted by Gasteiger charge is -2.33. The number of pyridine rings is 1. The molecule has 1 nitrogen and oxygen atoms in total. The van der Waals surface area contributed by atoms with Crippen LogP contribution < -0.4 is 0 Å². The first-order valence-electron chi connectivity index (χ1n) is 6.41. The quantitative estimate of drug-likeness (QED) is 0.731. The van der Waals surface area contributed by atoms with E-state index >= 15 is 0 Å². The largest absolute Gasteiger partial charge is 0.265 e. The molecule has 100 valence electrons. The van der Waals surface area contributed by atoms with Crippen LogP contribution in [0.3, 0.4) is 0 Å². The molecule has 2 rings (SSSR count). The molecule has 2 atom stereocenters. The van der Waals surface area contributed by atoms with Gasteiger partial charge in [-0.05, 0) is 42.4 Å². The van der Waals surface area contributed by atoms with Gasteiger partial charge in [0.15, 0.2) is 0 Å². The number of hydrogen-bond acceptors (Lipinski definition) is 1. The normalized spacial score (nSPS) is 23.6. The first kappa shape index (κ1) is 13.9. The first-order chi connectivity index (χ1) is 8.49. The highest BCUT2D eigenvalue weighted by Crippen LogP contribution is 2.42. The van der Waals surface area contributed by atoms with E-state index in [1.807, 2.05) is 12.1 Å². The number of hydrogen-bond donors (Lipinski definition) is 0. The second-order valence-electron chi connectivity index (χ2n) is 5.21. The van der Waals surface area contributed by atoms with E-state index in [4.69, 9.17) is 0 Å². The molecule has 4 heteroatoms. The second kappa shape index (κ2) is 5.64. The molecule has 1 saturated carbocycles. The van der Waals surface area contributed by atoms with Crippen LogP contribution in [0.15, 0.2) is 24.5 Å². The SMILES string of the molecule is CC(c1ccncc1)C(Br)C1CCC(F)(F)CC1. The molecule has 0 aliphatic heterocycles. The highest BCUT2D eigenvalue weighted by Gasteiger charge is 2.38. The third-order valence-corrected chi connectivity index (χ3v) is 5.46. The molecule has 1 aliphatic carbocycles. The molecule has 1 fully saturated rings. The molecule has 1 aliphatic rings. The Bertz CT molecular complexity index is 373. The standard InChI is InChI=1S/C14H18BrF2N/c1-10(11-4-8-18-9-5-11)13(15)12-2-6-14(16,17)7-3-12/h4-5,8-10,12-13H,2-3,6-7H2,1H3. The summed E-state index contributed by atoms with van der Waals surface area (Å²) in [5, 5.41) is 0. The van der Waals surface area contributed by atoms with Crippen molar-refractivity contribution in [3.05, 3.63) is 30.1 Å². The summed E-state index contributed by atoms with van der Waals surface area (Å²) in [4.78, 5) is 4.26. The van der Waals surface area contributed by atoms with Crippen molar-refractivity contribution in [2.75, 3.05) is 0 Å². The summed E-state index contributed by atoms with van der Waals surface area (Å²) in [6.07, 6.45) is 4.84. The van der Waals surface area contributed by atoms with Crippen molar-refractivity contribution in [1.29, 1.82) is 0 Å². The van der Waals surface area contributed by atoms with Crippen LogP contribution in [0, 0.1) is 5.92 Å². The van der Waals surface area contributed by atoms with Crippen molar-refractivity contribution in [3.63, 3.8) is 0 Å². The summed E-state index contributed by atoms with van der Waals surface area (Å²) in [6.45, 7) is 2.14. The van der Waals surface area contributed by atoms with Crippen LogP contribution in [0.2, 0.25) is 0 Å². The molecule has 0 aromatic carbocycles. The lowest BCUT2D eigenvalue weighted by molar-refractivity contribution is -0.0461. The Hall–Kier alpha value is -0.510. The monoisotopic (exact) mass is 317 g/mol. The van der Waals surface area contributed by atoms with E-state index in [9.17, 15) is 8.78 Å². The van der Waals surface area contributed by atoms with Gasteiger partial charge in [-0.15, -0.1) is 0 Å². The van der Waals surface area contributed by atoms with E-state index in [0.29, 0.717) is 24.7 Å². The number of nitrogens with zero attached hydrogens (tertiary/aromatic N) is 1. The maximum absolute atomic E-state index is 13.1. The van der Waals surface area contributed by atoms with Crippen molar-refractivity contribution < 1.29 is 8.78 Å². The van der Waals surface area contributed by atoms with Gasteiger partial charge in [0.25, 0.3) is 0 Å². The predicted octanol–water partition coefficient (Wildman–Crippen LogP) is 4.77. The van der Waals surface area contributed by atoms with E-state index in [1.165, 1.54) is 5.56 Å². The Kier molecular flexibility index (Phi) is 4.36. The van der Waals surface area contributed by atoms with E-state index < -0.39 is 5.92 Å². The van der Waals surface area contributed by atoms with Gasteiger partial charge in [0, 0.05) is 30.1 Å². The zero-order valence-electron chi connectivity index (χ0n) is 10.5. The smallest absolute Gasteiger partial charge is 0.248 e. The van der Waals surface area contributed by atoms with Gasteiger partial charge in [0.2, 0.25) is 5.92 Å². The summed E-state index contributed by atoms with van der Waals surface area (Å²) in [7, 11) is 0. The predicted molar refractivity (Wildman–Crippen MR) is 72.3 cm³/mol. The van der Waals surface area contributed by atoms with Crippen molar-refractivity contribution in [2.45, 2.75) is 49.3 Å². The third kappa shape index (κ3) is 3.28. The fourth-order valence-corrected chi connectivity index (χ4v) is 3.47. The Morgan fingerprint density at radius 3 is 2.39 bits per heavy atom. The van der Waals surface area contributed by atoms with Crippen LogP contribution >= 0.6 is 15.9 Å². The van der Waals surface area contributed by atoms with Crippen LogP contribution in [0.25, 0.3) is 0 Å². The molecule has 0 N–H and O–H groups in total. The van der Waals surface area contributed by atoms with Gasteiger partial charge in [0.1, 0.15) is 0 Å². The molecule has 0 amide bonds. The molecule has 0 bridgehead atoms. The van der Waals surface area contributed by atoms with Gasteiger partial charge in [-0.2, -0.15) is 0 Å². The van der Waals surface area contributed by atoms with Gasteiger partial charge >= 0.3 is 0 Å². The molecular weight excluding hydrogens is 300 g/mol. The lowest BCUT2D eigenvalue weighted by Crippen LogP contribution is -2.30. The topological polar surface area (TPSA) is 12.9 Å². The number of rotatable bonds is 3. The molecule has 18 heavy (non-hydrogen) atoms. The molecule has 0 radical (unpaired) electrons. The summed E-state index contributed by atoms with van der Waals surface area (Å²) in [5.41, 5.74) is 1.21. The van der Waals surface area contributed by atoms with Gasteiger partial charge in [-0.3, -0.25) is 4.98 Å². The van der Waals surface area contributed by atoms with Crippen molar-refractivity contribution >= 4 is 15.9 Å². The van der Waals surface area contributed by atoms with Crippen molar-refractivity contribution in [1.82, 2.24) is 4.98 Å². The van der Waals surface area contributed by atoms with Gasteiger partial charge in [-0.25, -0.2) is 8.78 Å². The number of alkyl halides is 3. The van der Waals surface area contributed by atoms with Crippen LogP contribution in [-0.2, 0) is 0 Å². The zero-order valence-corrected chi connectivity index (χ0v) is 12.0. The average molecular weight is 318 g/mol. The molecule has 1 aromatic rings. The summed E-state index contributed by atoms with van der Waals surface area (Å²) >= 11 is 3.71.